The van der Waals surface area contributed by atoms with Crippen LogP contribution < -0.4 is 10.2 Å². The minimum absolute atomic E-state index is 0.0798. The molecule has 1 heterocycles. The zero-order valence-corrected chi connectivity index (χ0v) is 16.1. The summed E-state index contributed by atoms with van der Waals surface area (Å²) in [7, 11) is 1.79. The molecule has 1 amide bonds. The molecule has 2 aromatic carbocycles. The van der Waals surface area contributed by atoms with E-state index >= 15 is 0 Å². The van der Waals surface area contributed by atoms with Crippen LogP contribution in [0.4, 0.5) is 11.4 Å². The van der Waals surface area contributed by atoms with Crippen molar-refractivity contribution in [2.24, 2.45) is 0 Å². The zero-order chi connectivity index (χ0) is 20.1. The number of halogens is 1. The Morgan fingerprint density at radius 1 is 1.21 bits per heavy atom. The fraction of sp³-hybridized carbons (Fsp3) is 0.300. The molecule has 7 nitrogen and oxygen atoms in total. The highest BCUT2D eigenvalue weighted by Gasteiger charge is 2.21. The number of ether oxygens (including phenoxy) is 2. The first kappa shape index (κ1) is 20.1. The number of carbonyl (C=O) groups excluding carboxylic acids is 1. The number of anilines is 2. The van der Waals surface area contributed by atoms with Gasteiger partial charge in [0.1, 0.15) is 0 Å². The highest BCUT2D eigenvalue weighted by atomic mass is 35.5. The Labute approximate surface area is 167 Å². The molecule has 0 bridgehead atoms. The third kappa shape index (κ3) is 4.81. The molecule has 2 N–H and O–H groups in total. The van der Waals surface area contributed by atoms with Gasteiger partial charge in [0, 0.05) is 19.3 Å². The lowest BCUT2D eigenvalue weighted by molar-refractivity contribution is -0.0837. The number of amides is 1. The third-order valence-corrected chi connectivity index (χ3v) is 4.71. The summed E-state index contributed by atoms with van der Waals surface area (Å²) in [6.45, 7) is 2.06. The van der Waals surface area contributed by atoms with E-state index in [2.05, 4.69) is 5.32 Å². The van der Waals surface area contributed by atoms with Crippen LogP contribution in [0.1, 0.15) is 20.7 Å². The lowest BCUT2D eigenvalue weighted by atomic mass is 10.1. The van der Waals surface area contributed by atoms with E-state index in [1.165, 1.54) is 6.07 Å². The first-order chi connectivity index (χ1) is 13.5. The minimum atomic E-state index is -1.09. The number of carboxylic acids is 1. The monoisotopic (exact) mass is 404 g/mol. The summed E-state index contributed by atoms with van der Waals surface area (Å²) in [5.41, 5.74) is 1.29. The first-order valence-corrected chi connectivity index (χ1v) is 9.17. The lowest BCUT2D eigenvalue weighted by Crippen LogP contribution is -2.38. The van der Waals surface area contributed by atoms with Crippen molar-refractivity contribution < 1.29 is 24.2 Å². The highest BCUT2D eigenvalue weighted by molar-refractivity contribution is 6.34. The lowest BCUT2D eigenvalue weighted by Gasteiger charge is -2.29. The molecule has 1 aliphatic rings. The quantitative estimate of drug-likeness (QED) is 0.769. The topological polar surface area (TPSA) is 88.1 Å². The van der Waals surface area contributed by atoms with Crippen molar-refractivity contribution >= 4 is 34.9 Å². The molecule has 1 aliphatic heterocycles. The number of nitrogens with zero attached hydrogens (tertiary/aromatic N) is 1. The average Bonchev–Trinajstić information content (AvgIpc) is 2.69. The average molecular weight is 405 g/mol. The van der Waals surface area contributed by atoms with Crippen molar-refractivity contribution in [1.29, 1.82) is 0 Å². The Morgan fingerprint density at radius 3 is 2.68 bits per heavy atom. The minimum Gasteiger partial charge on any atom is -0.478 e. The highest BCUT2D eigenvalue weighted by Crippen LogP contribution is 2.25. The van der Waals surface area contributed by atoms with Gasteiger partial charge in [0.2, 0.25) is 0 Å². The third-order valence-electron chi connectivity index (χ3n) is 4.38. The summed E-state index contributed by atoms with van der Waals surface area (Å²) in [6.07, 6.45) is -0.125. The summed E-state index contributed by atoms with van der Waals surface area (Å²) in [5.74, 6) is -1.49. The fourth-order valence-corrected chi connectivity index (χ4v) is 3.23. The molecule has 0 saturated carbocycles. The molecule has 3 rings (SSSR count). The van der Waals surface area contributed by atoms with Gasteiger partial charge in [0.25, 0.3) is 5.91 Å². The number of hydrogen-bond donors (Lipinski definition) is 2. The van der Waals surface area contributed by atoms with Crippen LogP contribution in [-0.4, -0.2) is 56.5 Å². The van der Waals surface area contributed by atoms with Gasteiger partial charge >= 0.3 is 5.97 Å². The first-order valence-electron chi connectivity index (χ1n) is 8.79. The van der Waals surface area contributed by atoms with E-state index in [4.69, 9.17) is 21.1 Å². The van der Waals surface area contributed by atoms with Crippen LogP contribution in [0.2, 0.25) is 5.02 Å². The van der Waals surface area contributed by atoms with Gasteiger partial charge in [-0.05, 0) is 30.3 Å². The van der Waals surface area contributed by atoms with Crippen molar-refractivity contribution in [3.05, 3.63) is 58.6 Å². The molecule has 2 aromatic rings. The standard InChI is InChI=1S/C20H21ClN2O5/c1-23(11-14-12-27-8-9-28-14)18-7-6-13(10-16(18)20(25)26)22-19(24)15-4-2-3-5-17(15)21/h2-7,10,14H,8-9,11-12H2,1H3,(H,22,24)(H,25,26)/t14-/m0/s1. The molecule has 28 heavy (non-hydrogen) atoms. The van der Waals surface area contributed by atoms with Crippen molar-refractivity contribution in [3.63, 3.8) is 0 Å². The molecule has 148 valence electrons. The number of rotatable bonds is 6. The van der Waals surface area contributed by atoms with E-state index in [1.807, 2.05) is 4.90 Å². The van der Waals surface area contributed by atoms with Crippen molar-refractivity contribution in [2.45, 2.75) is 6.10 Å². The van der Waals surface area contributed by atoms with Crippen LogP contribution >= 0.6 is 11.6 Å². The predicted octanol–water partition coefficient (Wildman–Crippen LogP) is 3.14. The molecule has 1 saturated heterocycles. The molecule has 1 fully saturated rings. The molecule has 0 unspecified atom stereocenters. The molecular weight excluding hydrogens is 384 g/mol. The van der Waals surface area contributed by atoms with Gasteiger partial charge in [0.05, 0.1) is 47.8 Å². The Kier molecular flexibility index (Phi) is 6.51. The summed E-state index contributed by atoms with van der Waals surface area (Å²) in [6, 6.07) is 11.4. The second-order valence-corrected chi connectivity index (χ2v) is 6.83. The number of hydrogen-bond acceptors (Lipinski definition) is 5. The van der Waals surface area contributed by atoms with Gasteiger partial charge in [0.15, 0.2) is 0 Å². The van der Waals surface area contributed by atoms with Crippen molar-refractivity contribution in [3.8, 4) is 0 Å². The smallest absolute Gasteiger partial charge is 0.337 e. The van der Waals surface area contributed by atoms with E-state index in [1.54, 1.807) is 43.4 Å². The largest absolute Gasteiger partial charge is 0.478 e. The van der Waals surface area contributed by atoms with Gasteiger partial charge in [-0.1, -0.05) is 23.7 Å². The molecular formula is C20H21ClN2O5. The summed E-state index contributed by atoms with van der Waals surface area (Å²) < 4.78 is 11.0. The predicted molar refractivity (Wildman–Crippen MR) is 107 cm³/mol. The number of benzene rings is 2. The van der Waals surface area contributed by atoms with Crippen LogP contribution in [0, 0.1) is 0 Å². The Hall–Kier alpha value is -2.61. The maximum absolute atomic E-state index is 12.4. The van der Waals surface area contributed by atoms with E-state index in [0.29, 0.717) is 48.3 Å². The summed E-state index contributed by atoms with van der Waals surface area (Å²) in [4.78, 5) is 26.0. The summed E-state index contributed by atoms with van der Waals surface area (Å²) >= 11 is 6.04. The molecule has 0 spiro atoms. The van der Waals surface area contributed by atoms with E-state index in [9.17, 15) is 14.7 Å². The van der Waals surface area contributed by atoms with Gasteiger partial charge in [-0.15, -0.1) is 0 Å². The van der Waals surface area contributed by atoms with Crippen LogP contribution in [-0.2, 0) is 9.47 Å². The second-order valence-electron chi connectivity index (χ2n) is 6.42. The number of carbonyl (C=O) groups is 2. The maximum atomic E-state index is 12.4. The number of carboxylic acid groups (broad SMARTS) is 1. The molecule has 0 aromatic heterocycles. The van der Waals surface area contributed by atoms with Gasteiger partial charge in [-0.25, -0.2) is 4.79 Å². The van der Waals surface area contributed by atoms with Gasteiger partial charge in [-0.3, -0.25) is 4.79 Å². The van der Waals surface area contributed by atoms with Crippen molar-refractivity contribution in [2.75, 3.05) is 43.6 Å². The fourth-order valence-electron chi connectivity index (χ4n) is 3.01. The number of aromatic carboxylic acids is 1. The maximum Gasteiger partial charge on any atom is 0.337 e. The number of nitrogens with one attached hydrogen (secondary N) is 1. The Balaban J connectivity index is 1.78. The van der Waals surface area contributed by atoms with Crippen LogP contribution in [0.3, 0.4) is 0 Å². The van der Waals surface area contributed by atoms with Gasteiger partial charge < -0.3 is 24.8 Å². The molecule has 8 heteroatoms. The Morgan fingerprint density at radius 2 is 2.00 bits per heavy atom. The van der Waals surface area contributed by atoms with Crippen LogP contribution in [0.25, 0.3) is 0 Å². The molecule has 0 radical (unpaired) electrons. The normalized spacial score (nSPS) is 16.4. The summed E-state index contributed by atoms with van der Waals surface area (Å²) in [5, 5.41) is 12.6. The van der Waals surface area contributed by atoms with Crippen LogP contribution in [0.15, 0.2) is 42.5 Å². The van der Waals surface area contributed by atoms with E-state index in [0.717, 1.165) is 0 Å². The Bertz CT molecular complexity index is 867. The van der Waals surface area contributed by atoms with E-state index in [-0.39, 0.29) is 11.7 Å². The molecule has 0 aliphatic carbocycles. The van der Waals surface area contributed by atoms with Crippen molar-refractivity contribution in [1.82, 2.24) is 0 Å². The SMILES string of the molecule is CN(C[C@H]1COCCO1)c1ccc(NC(=O)c2ccccc2Cl)cc1C(=O)O. The van der Waals surface area contributed by atoms with Gasteiger partial charge in [-0.2, -0.15) is 0 Å². The molecule has 1 atom stereocenters. The zero-order valence-electron chi connectivity index (χ0n) is 15.4. The second kappa shape index (κ2) is 9.05. The van der Waals surface area contributed by atoms with Crippen LogP contribution in [0.5, 0.6) is 0 Å². The number of likely N-dealkylation sites (N-methyl/N-ethyl adjacent to an activating group) is 1. The van der Waals surface area contributed by atoms with E-state index < -0.39 is 11.9 Å².